The maximum atomic E-state index is 5.09. The third kappa shape index (κ3) is 5.74. The molecule has 0 aromatic rings. The lowest BCUT2D eigenvalue weighted by Crippen LogP contribution is -1.83. The lowest BCUT2D eigenvalue weighted by atomic mass is 10.3. The van der Waals surface area contributed by atoms with E-state index in [1.807, 2.05) is 42.5 Å². The van der Waals surface area contributed by atoms with E-state index in [0.29, 0.717) is 6.61 Å². The molecule has 0 bridgehead atoms. The fraction of sp³-hybridized carbons (Fsp3) is 0.167. The second-order valence-corrected chi connectivity index (χ2v) is 2.50. The summed E-state index contributed by atoms with van der Waals surface area (Å²) in [4.78, 5) is 0. The monoisotopic (exact) mass is 173 g/mol. The third-order valence-electron chi connectivity index (χ3n) is 1.44. The molecule has 1 aliphatic heterocycles. The Morgan fingerprint density at radius 3 is 2.38 bits per heavy atom. The van der Waals surface area contributed by atoms with E-state index >= 15 is 0 Å². The molecule has 1 nitrogen and oxygen atoms in total. The van der Waals surface area contributed by atoms with E-state index in [-0.39, 0.29) is 0 Å². The Morgan fingerprint density at radius 1 is 0.846 bits per heavy atom. The molecule has 1 heterocycles. The van der Waals surface area contributed by atoms with E-state index in [1.54, 1.807) is 6.08 Å². The molecule has 1 heteroatoms. The minimum Gasteiger partial charge on any atom is -0.489 e. The molecule has 0 spiro atoms. The van der Waals surface area contributed by atoms with Gasteiger partial charge in [0.15, 0.2) is 6.26 Å². The SMILES string of the molecule is [C]1=C/C=C/C=C/C=C\C=C\CCO\1. The van der Waals surface area contributed by atoms with Gasteiger partial charge in [0.2, 0.25) is 0 Å². The highest BCUT2D eigenvalue weighted by molar-refractivity contribution is 5.17. The Hall–Kier alpha value is -1.50. The van der Waals surface area contributed by atoms with Gasteiger partial charge in [-0.15, -0.1) is 0 Å². The Morgan fingerprint density at radius 2 is 1.54 bits per heavy atom. The highest BCUT2D eigenvalue weighted by atomic mass is 16.5. The average Bonchev–Trinajstić information content (AvgIpc) is 2.18. The first-order valence-corrected chi connectivity index (χ1v) is 4.36. The Labute approximate surface area is 79.4 Å². The summed E-state index contributed by atoms with van der Waals surface area (Å²) in [5.74, 6) is 0. The van der Waals surface area contributed by atoms with Crippen LogP contribution in [0.3, 0.4) is 0 Å². The zero-order valence-corrected chi connectivity index (χ0v) is 7.52. The molecule has 0 fully saturated rings. The normalized spacial score (nSPS) is 29.5. The third-order valence-corrected chi connectivity index (χ3v) is 1.44. The number of rotatable bonds is 0. The molecule has 0 saturated heterocycles. The minimum atomic E-state index is 0.683. The van der Waals surface area contributed by atoms with Gasteiger partial charge in [0.05, 0.1) is 6.61 Å². The van der Waals surface area contributed by atoms with Crippen LogP contribution in [0.1, 0.15) is 6.42 Å². The van der Waals surface area contributed by atoms with Crippen molar-refractivity contribution in [2.75, 3.05) is 6.61 Å². The summed E-state index contributed by atoms with van der Waals surface area (Å²) in [6, 6.07) is 0. The quantitative estimate of drug-likeness (QED) is 0.547. The van der Waals surface area contributed by atoms with Crippen molar-refractivity contribution in [3.05, 3.63) is 60.9 Å². The molecule has 13 heavy (non-hydrogen) atoms. The van der Waals surface area contributed by atoms with Crippen molar-refractivity contribution in [3.63, 3.8) is 0 Å². The van der Waals surface area contributed by atoms with Gasteiger partial charge >= 0.3 is 0 Å². The van der Waals surface area contributed by atoms with Crippen LogP contribution in [-0.4, -0.2) is 6.61 Å². The first kappa shape index (κ1) is 9.59. The van der Waals surface area contributed by atoms with Crippen LogP contribution >= 0.6 is 0 Å². The second-order valence-electron chi connectivity index (χ2n) is 2.50. The molecule has 67 valence electrons. The fourth-order valence-electron chi connectivity index (χ4n) is 0.824. The molecule has 0 aromatic carbocycles. The molecule has 0 unspecified atom stereocenters. The number of hydrogen-bond donors (Lipinski definition) is 0. The number of allylic oxidation sites excluding steroid dienone is 8. The van der Waals surface area contributed by atoms with Crippen molar-refractivity contribution in [2.24, 2.45) is 0 Å². The average molecular weight is 173 g/mol. The summed E-state index contributed by atoms with van der Waals surface area (Å²) in [7, 11) is 0. The zero-order valence-electron chi connectivity index (χ0n) is 7.52. The molecule has 0 saturated carbocycles. The summed E-state index contributed by atoms with van der Waals surface area (Å²) in [6.07, 6.45) is 21.2. The molecule has 1 aliphatic rings. The van der Waals surface area contributed by atoms with Gasteiger partial charge in [-0.1, -0.05) is 48.6 Å². The predicted octanol–water partition coefficient (Wildman–Crippen LogP) is 2.95. The van der Waals surface area contributed by atoms with Gasteiger partial charge in [0.25, 0.3) is 0 Å². The maximum absolute atomic E-state index is 5.09. The maximum Gasteiger partial charge on any atom is 0.161 e. The highest BCUT2D eigenvalue weighted by Crippen LogP contribution is 1.90. The van der Waals surface area contributed by atoms with E-state index in [9.17, 15) is 0 Å². The van der Waals surface area contributed by atoms with Crippen LogP contribution < -0.4 is 0 Å². The van der Waals surface area contributed by atoms with E-state index in [4.69, 9.17) is 4.74 Å². The van der Waals surface area contributed by atoms with Crippen molar-refractivity contribution in [3.8, 4) is 0 Å². The summed E-state index contributed by atoms with van der Waals surface area (Å²) >= 11 is 0. The Bertz CT molecular complexity index is 228. The molecule has 0 aromatic heterocycles. The zero-order chi connectivity index (χ0) is 9.19. The van der Waals surface area contributed by atoms with Crippen LogP contribution in [0.4, 0.5) is 0 Å². The van der Waals surface area contributed by atoms with Gasteiger partial charge in [0.1, 0.15) is 0 Å². The highest BCUT2D eigenvalue weighted by Gasteiger charge is 1.78. The van der Waals surface area contributed by atoms with Gasteiger partial charge in [-0.05, 0) is 12.5 Å². The van der Waals surface area contributed by atoms with E-state index in [2.05, 4.69) is 12.3 Å². The molecule has 0 atom stereocenters. The van der Waals surface area contributed by atoms with Crippen LogP contribution in [-0.2, 0) is 4.74 Å². The molecule has 1 radical (unpaired) electrons. The fourth-order valence-corrected chi connectivity index (χ4v) is 0.824. The van der Waals surface area contributed by atoms with Gasteiger partial charge in [-0.2, -0.15) is 0 Å². The van der Waals surface area contributed by atoms with Crippen LogP contribution in [0.5, 0.6) is 0 Å². The van der Waals surface area contributed by atoms with Gasteiger partial charge in [-0.25, -0.2) is 0 Å². The second kappa shape index (κ2) is 7.17. The van der Waals surface area contributed by atoms with Crippen molar-refractivity contribution >= 4 is 0 Å². The van der Waals surface area contributed by atoms with Crippen molar-refractivity contribution in [2.45, 2.75) is 6.42 Å². The molecular formula is C12H13O. The summed E-state index contributed by atoms with van der Waals surface area (Å²) in [5.41, 5.74) is 0. The molecule has 0 aliphatic carbocycles. The van der Waals surface area contributed by atoms with Crippen molar-refractivity contribution in [1.29, 1.82) is 0 Å². The van der Waals surface area contributed by atoms with E-state index in [0.717, 1.165) is 6.42 Å². The van der Waals surface area contributed by atoms with Crippen LogP contribution in [0, 0.1) is 6.26 Å². The Kier molecular flexibility index (Phi) is 5.28. The van der Waals surface area contributed by atoms with Gasteiger partial charge in [0, 0.05) is 0 Å². The molecular weight excluding hydrogens is 160 g/mol. The van der Waals surface area contributed by atoms with Crippen LogP contribution in [0.2, 0.25) is 0 Å². The largest absolute Gasteiger partial charge is 0.489 e. The first-order valence-electron chi connectivity index (χ1n) is 4.36. The van der Waals surface area contributed by atoms with E-state index in [1.165, 1.54) is 0 Å². The lowest BCUT2D eigenvalue weighted by molar-refractivity contribution is 0.235. The van der Waals surface area contributed by atoms with Gasteiger partial charge in [-0.3, -0.25) is 0 Å². The first-order chi connectivity index (χ1) is 6.50. The van der Waals surface area contributed by atoms with Gasteiger partial charge < -0.3 is 4.74 Å². The minimum absolute atomic E-state index is 0.683. The topological polar surface area (TPSA) is 9.23 Å². The Balaban J connectivity index is 2.51. The molecule has 0 N–H and O–H groups in total. The summed E-state index contributed by atoms with van der Waals surface area (Å²) in [6.45, 7) is 0.683. The van der Waals surface area contributed by atoms with Crippen molar-refractivity contribution in [1.82, 2.24) is 0 Å². The smallest absolute Gasteiger partial charge is 0.161 e. The van der Waals surface area contributed by atoms with E-state index < -0.39 is 0 Å². The molecule has 0 amide bonds. The van der Waals surface area contributed by atoms with Crippen molar-refractivity contribution < 1.29 is 4.74 Å². The van der Waals surface area contributed by atoms with Crippen LogP contribution in [0.25, 0.3) is 0 Å². The standard InChI is InChI=1S/C12H13O/c1-2-4-6-8-10-12-13-11-9-7-5-3-1/h1-9H,10,12H2/b3-1+,4-2-,7-5+,8-6+,11-9?. The molecule has 1 rings (SSSR count). The van der Waals surface area contributed by atoms with Crippen LogP contribution in [0.15, 0.2) is 54.7 Å². The summed E-state index contributed by atoms with van der Waals surface area (Å²) in [5, 5.41) is 0. The predicted molar refractivity (Wildman–Crippen MR) is 54.9 cm³/mol. The lowest BCUT2D eigenvalue weighted by Gasteiger charge is -1.92. The summed E-state index contributed by atoms with van der Waals surface area (Å²) < 4.78 is 5.09. The number of hydrogen-bond acceptors (Lipinski definition) is 1. The number of ether oxygens (including phenoxy) is 1.